The van der Waals surface area contributed by atoms with Gasteiger partial charge in [-0.2, -0.15) is 8.42 Å². The highest BCUT2D eigenvalue weighted by molar-refractivity contribution is 7.85. The molecule has 8 heteroatoms. The largest absolute Gasteiger partial charge is 0.478 e. The van der Waals surface area contributed by atoms with Crippen molar-refractivity contribution in [3.8, 4) is 0 Å². The molecule has 1 aromatic rings. The molecule has 0 unspecified atom stereocenters. The predicted molar refractivity (Wildman–Crippen MR) is 80.4 cm³/mol. The lowest BCUT2D eigenvalue weighted by atomic mass is 9.82. The van der Waals surface area contributed by atoms with Crippen LogP contribution in [0.4, 0.5) is 5.82 Å². The fourth-order valence-corrected chi connectivity index (χ4v) is 2.92. The minimum atomic E-state index is -4.03. The summed E-state index contributed by atoms with van der Waals surface area (Å²) < 4.78 is 32.1. The number of aromatic nitrogens is 1. The zero-order chi connectivity index (χ0) is 16.7. The third kappa shape index (κ3) is 3.17. The number of nitrogens with zero attached hydrogens (tertiary/aromatic N) is 2. The van der Waals surface area contributed by atoms with Crippen LogP contribution in [-0.2, 0) is 22.1 Å². The second-order valence-electron chi connectivity index (χ2n) is 5.93. The average Bonchev–Trinajstić information content (AvgIpc) is 2.59. The Morgan fingerprint density at radius 3 is 2.59 bits per heavy atom. The molecule has 7 nitrogen and oxygen atoms in total. The first-order chi connectivity index (χ1) is 10.0. The van der Waals surface area contributed by atoms with E-state index in [0.29, 0.717) is 5.82 Å². The van der Waals surface area contributed by atoms with E-state index in [0.717, 1.165) is 11.3 Å². The first-order valence-corrected chi connectivity index (χ1v) is 8.45. The molecule has 0 amide bonds. The van der Waals surface area contributed by atoms with Crippen LogP contribution in [0.25, 0.3) is 0 Å². The van der Waals surface area contributed by atoms with Gasteiger partial charge in [0.2, 0.25) is 0 Å². The van der Waals surface area contributed by atoms with Crippen molar-refractivity contribution in [3.63, 3.8) is 0 Å². The molecule has 0 saturated heterocycles. The molecule has 0 fully saturated rings. The molecule has 1 aliphatic heterocycles. The Balaban J connectivity index is 2.43. The SMILES string of the molecule is CC1=Nc2c(cc(C(=O)O)c[n+]2CCCS(=O)(=O)O)C1(C)C. The third-order valence-corrected chi connectivity index (χ3v) is 4.81. The summed E-state index contributed by atoms with van der Waals surface area (Å²) in [5, 5.41) is 9.24. The second kappa shape index (κ2) is 5.44. The smallest absolute Gasteiger partial charge is 0.339 e. The molecule has 120 valence electrons. The van der Waals surface area contributed by atoms with E-state index in [1.165, 1.54) is 6.20 Å². The van der Waals surface area contributed by atoms with E-state index in [1.54, 1.807) is 10.6 Å². The first kappa shape index (κ1) is 16.6. The van der Waals surface area contributed by atoms with Crippen molar-refractivity contribution in [2.24, 2.45) is 4.99 Å². The molecular formula is C14H19N2O5S+. The molecular weight excluding hydrogens is 308 g/mol. The number of aromatic carboxylic acids is 1. The number of rotatable bonds is 5. The van der Waals surface area contributed by atoms with Crippen LogP contribution in [0.5, 0.6) is 0 Å². The average molecular weight is 327 g/mol. The Hall–Kier alpha value is -1.80. The van der Waals surface area contributed by atoms with Gasteiger partial charge in [-0.25, -0.2) is 9.36 Å². The molecule has 0 aliphatic carbocycles. The maximum atomic E-state index is 11.3. The summed E-state index contributed by atoms with van der Waals surface area (Å²) in [6.45, 7) is 6.07. The van der Waals surface area contributed by atoms with Crippen molar-refractivity contribution in [1.82, 2.24) is 0 Å². The van der Waals surface area contributed by atoms with Gasteiger partial charge in [0, 0.05) is 6.42 Å². The zero-order valence-corrected chi connectivity index (χ0v) is 13.5. The minimum absolute atomic E-state index is 0.128. The summed E-state index contributed by atoms with van der Waals surface area (Å²) in [7, 11) is -4.03. The number of carbonyl (C=O) groups is 1. The summed E-state index contributed by atoms with van der Waals surface area (Å²) in [5.41, 5.74) is 1.43. The van der Waals surface area contributed by atoms with E-state index in [2.05, 4.69) is 4.99 Å². The van der Waals surface area contributed by atoms with Crippen LogP contribution in [0.15, 0.2) is 17.3 Å². The van der Waals surface area contributed by atoms with Gasteiger partial charge in [0.25, 0.3) is 10.1 Å². The lowest BCUT2D eigenvalue weighted by Gasteiger charge is -2.16. The van der Waals surface area contributed by atoms with Gasteiger partial charge in [0.1, 0.15) is 11.9 Å². The van der Waals surface area contributed by atoms with Crippen molar-refractivity contribution in [1.29, 1.82) is 0 Å². The molecule has 0 saturated carbocycles. The highest BCUT2D eigenvalue weighted by Gasteiger charge is 2.41. The monoisotopic (exact) mass is 327 g/mol. The normalized spacial score (nSPS) is 16.3. The van der Waals surface area contributed by atoms with Gasteiger partial charge >= 0.3 is 11.8 Å². The Morgan fingerprint density at radius 1 is 1.41 bits per heavy atom. The molecule has 0 bridgehead atoms. The van der Waals surface area contributed by atoms with Gasteiger partial charge in [-0.1, -0.05) is 0 Å². The third-order valence-electron chi connectivity index (χ3n) is 4.01. The lowest BCUT2D eigenvalue weighted by Crippen LogP contribution is -2.37. The lowest BCUT2D eigenvalue weighted by molar-refractivity contribution is -0.684. The van der Waals surface area contributed by atoms with Gasteiger partial charge in [0.05, 0.1) is 28.8 Å². The van der Waals surface area contributed by atoms with Crippen molar-refractivity contribution in [2.45, 2.75) is 39.2 Å². The number of fused-ring (bicyclic) bond motifs is 1. The molecule has 0 radical (unpaired) electrons. The Kier molecular flexibility index (Phi) is 4.09. The molecule has 1 aromatic heterocycles. The fourth-order valence-electron chi connectivity index (χ4n) is 2.42. The standard InChI is InChI=1S/C14H18N2O5S/c1-9-14(2,3)11-7-10(13(17)18)8-16(12(11)15-9)5-4-6-22(19,20)21/h7-8H,4-6H2,1-3H3,(H-,17,18,19,20,21)/p+1. The second-order valence-corrected chi connectivity index (χ2v) is 7.50. The topological polar surface area (TPSA) is 108 Å². The fraction of sp³-hybridized carbons (Fsp3) is 0.500. The van der Waals surface area contributed by atoms with E-state index in [1.807, 2.05) is 20.8 Å². The number of aliphatic imine (C=N–C) groups is 1. The highest BCUT2D eigenvalue weighted by Crippen LogP contribution is 2.38. The number of hydrogen-bond acceptors (Lipinski definition) is 4. The van der Waals surface area contributed by atoms with Gasteiger partial charge in [0.15, 0.2) is 0 Å². The first-order valence-electron chi connectivity index (χ1n) is 6.84. The molecule has 2 N–H and O–H groups in total. The molecule has 2 rings (SSSR count). The number of carboxylic acid groups (broad SMARTS) is 1. The summed E-state index contributed by atoms with van der Waals surface area (Å²) in [6, 6.07) is 1.61. The summed E-state index contributed by atoms with van der Waals surface area (Å²) >= 11 is 0. The summed E-state index contributed by atoms with van der Waals surface area (Å²) in [4.78, 5) is 15.8. The van der Waals surface area contributed by atoms with Crippen molar-refractivity contribution in [3.05, 3.63) is 23.4 Å². The molecule has 0 atom stereocenters. The van der Waals surface area contributed by atoms with Gasteiger partial charge in [-0.3, -0.25) is 4.55 Å². The Bertz CT molecular complexity index is 766. The maximum Gasteiger partial charge on any atom is 0.339 e. The summed E-state index contributed by atoms with van der Waals surface area (Å²) in [5.74, 6) is -0.785. The molecule has 22 heavy (non-hydrogen) atoms. The summed E-state index contributed by atoms with van der Waals surface area (Å²) in [6.07, 6.45) is 1.62. The van der Waals surface area contributed by atoms with E-state index >= 15 is 0 Å². The van der Waals surface area contributed by atoms with Gasteiger partial charge in [-0.05, 0) is 31.8 Å². The molecule has 1 aliphatic rings. The highest BCUT2D eigenvalue weighted by atomic mass is 32.2. The number of hydrogen-bond donors (Lipinski definition) is 2. The van der Waals surface area contributed by atoms with Crippen molar-refractivity contribution in [2.75, 3.05) is 5.75 Å². The molecule has 2 heterocycles. The van der Waals surface area contributed by atoms with Crippen molar-refractivity contribution < 1.29 is 27.4 Å². The van der Waals surface area contributed by atoms with Crippen LogP contribution in [0.2, 0.25) is 0 Å². The van der Waals surface area contributed by atoms with Gasteiger partial charge in [-0.15, -0.1) is 0 Å². The Labute approximate surface area is 129 Å². The number of carboxylic acids is 1. The van der Waals surface area contributed by atoms with Crippen LogP contribution in [0, 0.1) is 0 Å². The molecule has 0 aromatic carbocycles. The minimum Gasteiger partial charge on any atom is -0.478 e. The zero-order valence-electron chi connectivity index (χ0n) is 12.7. The number of pyridine rings is 1. The van der Waals surface area contributed by atoms with E-state index in [9.17, 15) is 18.3 Å². The van der Waals surface area contributed by atoms with E-state index in [-0.39, 0.29) is 29.7 Å². The van der Waals surface area contributed by atoms with Crippen LogP contribution in [0.3, 0.4) is 0 Å². The quantitative estimate of drug-likeness (QED) is 0.626. The van der Waals surface area contributed by atoms with Crippen LogP contribution >= 0.6 is 0 Å². The maximum absolute atomic E-state index is 11.3. The van der Waals surface area contributed by atoms with Crippen LogP contribution in [-0.4, -0.2) is 35.5 Å². The van der Waals surface area contributed by atoms with E-state index in [4.69, 9.17) is 4.55 Å². The van der Waals surface area contributed by atoms with E-state index < -0.39 is 16.1 Å². The molecule has 0 spiro atoms. The van der Waals surface area contributed by atoms with Gasteiger partial charge < -0.3 is 5.11 Å². The van der Waals surface area contributed by atoms with Crippen LogP contribution in [0.1, 0.15) is 43.1 Å². The number of aryl methyl sites for hydroxylation is 1. The van der Waals surface area contributed by atoms with Crippen LogP contribution < -0.4 is 4.57 Å². The predicted octanol–water partition coefficient (Wildman–Crippen LogP) is 1.33. The Morgan fingerprint density at radius 2 is 2.05 bits per heavy atom. The van der Waals surface area contributed by atoms with Crippen molar-refractivity contribution >= 4 is 27.6 Å².